The normalized spacial score (nSPS) is 8.69. The molecule has 0 heterocycles. The molecule has 0 radical (unpaired) electrons. The van der Waals surface area contributed by atoms with Crippen molar-refractivity contribution in [3.8, 4) is 11.5 Å². The number of hydrogen-bond donors (Lipinski definition) is 3. The first-order chi connectivity index (χ1) is 5.66. The van der Waals surface area contributed by atoms with Crippen LogP contribution in [0.4, 0.5) is 0 Å². The Morgan fingerprint density at radius 1 is 1.38 bits per heavy atom. The first kappa shape index (κ1) is 12.9. The Morgan fingerprint density at radius 3 is 2.54 bits per heavy atom. The van der Waals surface area contributed by atoms with Gasteiger partial charge in [-0.2, -0.15) is 5.26 Å². The molecule has 0 saturated carbocycles. The molecule has 0 amide bonds. The molecule has 6 heteroatoms. The van der Waals surface area contributed by atoms with Crippen LogP contribution < -0.4 is 51.4 Å². The largest absolute Gasteiger partial charge is 1.00 e. The monoisotopic (exact) mass is 210 g/mol. The fraction of sp³-hybridized carbons (Fsp3) is 0. The predicted octanol–water partition coefficient (Wildman–Crippen LogP) is -2.16. The number of phenolic OH excluding ortho intramolecular Hbond substituents is 2. The molecule has 0 unspecified atom stereocenters. The molecule has 0 saturated heterocycles. The van der Waals surface area contributed by atoms with E-state index in [2.05, 4.69) is 4.89 Å². The molecule has 0 spiro atoms. The van der Waals surface area contributed by atoms with Crippen LogP contribution in [0.5, 0.6) is 11.5 Å². The molecule has 13 heavy (non-hydrogen) atoms. The van der Waals surface area contributed by atoms with Crippen molar-refractivity contribution in [2.24, 2.45) is 0 Å². The number of carbonyl (C=O) groups is 1. The SMILES string of the molecule is O=C(OO)c1cccc(O)c1O.[H-].[K+]. The third-order valence-electron chi connectivity index (χ3n) is 1.32. The maximum atomic E-state index is 10.6. The Labute approximate surface area is 118 Å². The van der Waals surface area contributed by atoms with Crippen LogP contribution in [0.25, 0.3) is 0 Å². The number of carbonyl (C=O) groups excluding carboxylic acids is 1. The van der Waals surface area contributed by atoms with Gasteiger partial charge in [0.2, 0.25) is 0 Å². The minimum Gasteiger partial charge on any atom is -1.00 e. The molecular weight excluding hydrogens is 203 g/mol. The summed E-state index contributed by atoms with van der Waals surface area (Å²) in [5.74, 6) is -2.18. The van der Waals surface area contributed by atoms with E-state index in [-0.39, 0.29) is 58.4 Å². The zero-order chi connectivity index (χ0) is 9.14. The van der Waals surface area contributed by atoms with Crippen molar-refractivity contribution in [3.05, 3.63) is 23.8 Å². The summed E-state index contributed by atoms with van der Waals surface area (Å²) in [5, 5.41) is 25.9. The van der Waals surface area contributed by atoms with Crippen molar-refractivity contribution < 1.29 is 78.0 Å². The third-order valence-corrected chi connectivity index (χ3v) is 1.32. The number of aromatic hydroxyl groups is 2. The van der Waals surface area contributed by atoms with Crippen LogP contribution in [-0.2, 0) is 4.89 Å². The summed E-state index contributed by atoms with van der Waals surface area (Å²) in [6.45, 7) is 0. The van der Waals surface area contributed by atoms with Gasteiger partial charge in [-0.1, -0.05) is 6.07 Å². The summed E-state index contributed by atoms with van der Waals surface area (Å²) in [4.78, 5) is 14.0. The molecule has 0 fully saturated rings. The average Bonchev–Trinajstić information content (AvgIpc) is 2.08. The summed E-state index contributed by atoms with van der Waals surface area (Å²) in [5.41, 5.74) is -0.294. The quantitative estimate of drug-likeness (QED) is 0.213. The zero-order valence-corrected chi connectivity index (χ0v) is 10.0. The topological polar surface area (TPSA) is 87.0 Å². The molecule has 66 valence electrons. The molecule has 1 aromatic rings. The number of para-hydroxylation sites is 1. The Balaban J connectivity index is 0. The number of rotatable bonds is 1. The van der Waals surface area contributed by atoms with Gasteiger partial charge >= 0.3 is 57.4 Å². The summed E-state index contributed by atoms with van der Waals surface area (Å²) < 4.78 is 0. The van der Waals surface area contributed by atoms with Gasteiger partial charge in [-0.15, -0.1) is 0 Å². The van der Waals surface area contributed by atoms with Crippen LogP contribution >= 0.6 is 0 Å². The smallest absolute Gasteiger partial charge is 1.00 e. The summed E-state index contributed by atoms with van der Waals surface area (Å²) in [7, 11) is 0. The van der Waals surface area contributed by atoms with E-state index in [4.69, 9.17) is 15.5 Å². The van der Waals surface area contributed by atoms with E-state index in [1.54, 1.807) is 0 Å². The Bertz CT molecular complexity index is 317. The van der Waals surface area contributed by atoms with Crippen molar-refractivity contribution in [1.82, 2.24) is 0 Å². The van der Waals surface area contributed by atoms with Gasteiger partial charge < -0.3 is 11.6 Å². The van der Waals surface area contributed by atoms with Gasteiger partial charge in [0.05, 0.1) is 0 Å². The number of phenols is 2. The van der Waals surface area contributed by atoms with Crippen molar-refractivity contribution >= 4 is 5.97 Å². The molecule has 0 bridgehead atoms. The van der Waals surface area contributed by atoms with Crippen LogP contribution in [0.3, 0.4) is 0 Å². The van der Waals surface area contributed by atoms with Gasteiger partial charge in [0, 0.05) is 0 Å². The molecule has 1 aromatic carbocycles. The van der Waals surface area contributed by atoms with Crippen molar-refractivity contribution in [2.45, 2.75) is 0 Å². The van der Waals surface area contributed by atoms with E-state index >= 15 is 0 Å². The van der Waals surface area contributed by atoms with Gasteiger partial charge in [-0.05, 0) is 12.1 Å². The molecule has 0 aliphatic heterocycles. The van der Waals surface area contributed by atoms with Crippen molar-refractivity contribution in [1.29, 1.82) is 0 Å². The molecule has 1 rings (SSSR count). The fourth-order valence-corrected chi connectivity index (χ4v) is 0.745. The molecule has 0 aliphatic carbocycles. The molecular formula is C7H7KO5. The van der Waals surface area contributed by atoms with Crippen molar-refractivity contribution in [3.63, 3.8) is 0 Å². The third kappa shape index (κ3) is 2.94. The van der Waals surface area contributed by atoms with E-state index < -0.39 is 17.5 Å². The second-order valence-electron chi connectivity index (χ2n) is 2.05. The second-order valence-corrected chi connectivity index (χ2v) is 2.05. The van der Waals surface area contributed by atoms with Crippen LogP contribution in [0.15, 0.2) is 18.2 Å². The summed E-state index contributed by atoms with van der Waals surface area (Å²) >= 11 is 0. The minimum absolute atomic E-state index is 0. The van der Waals surface area contributed by atoms with E-state index in [1.807, 2.05) is 0 Å². The van der Waals surface area contributed by atoms with Gasteiger partial charge in [-0.25, -0.2) is 4.79 Å². The number of hydrogen-bond acceptors (Lipinski definition) is 5. The average molecular weight is 210 g/mol. The summed E-state index contributed by atoms with van der Waals surface area (Å²) in [6, 6.07) is 3.73. The Morgan fingerprint density at radius 2 is 2.00 bits per heavy atom. The van der Waals surface area contributed by atoms with E-state index in [1.165, 1.54) is 18.2 Å². The Kier molecular flexibility index (Phi) is 5.53. The van der Waals surface area contributed by atoms with E-state index in [0.717, 1.165) is 0 Å². The maximum Gasteiger partial charge on any atom is 1.00 e. The zero-order valence-electron chi connectivity index (χ0n) is 7.89. The van der Waals surface area contributed by atoms with E-state index in [9.17, 15) is 4.79 Å². The minimum atomic E-state index is -1.12. The van der Waals surface area contributed by atoms with Crippen molar-refractivity contribution in [2.75, 3.05) is 0 Å². The molecule has 0 aromatic heterocycles. The van der Waals surface area contributed by atoms with Crippen LogP contribution in [0, 0.1) is 0 Å². The fourth-order valence-electron chi connectivity index (χ4n) is 0.745. The van der Waals surface area contributed by atoms with Gasteiger partial charge in [0.1, 0.15) is 5.56 Å². The van der Waals surface area contributed by atoms with Gasteiger partial charge in [-0.3, -0.25) is 4.89 Å². The van der Waals surface area contributed by atoms with Crippen LogP contribution in [0.2, 0.25) is 0 Å². The molecule has 5 nitrogen and oxygen atoms in total. The molecule has 3 N–H and O–H groups in total. The standard InChI is InChI=1S/C7H6O5.K.H/c8-5-3-1-2-4(6(5)9)7(10)12-11;;/h1-3,8-9,11H;;/q;+1;-1. The van der Waals surface area contributed by atoms with Gasteiger partial charge in [0.15, 0.2) is 11.5 Å². The second kappa shape index (κ2) is 5.58. The Hall–Kier alpha value is -0.114. The number of benzene rings is 1. The van der Waals surface area contributed by atoms with Crippen LogP contribution in [-0.4, -0.2) is 21.4 Å². The van der Waals surface area contributed by atoms with E-state index in [0.29, 0.717) is 0 Å². The first-order valence-corrected chi connectivity index (χ1v) is 3.03. The van der Waals surface area contributed by atoms with Crippen LogP contribution in [0.1, 0.15) is 11.8 Å². The predicted molar refractivity (Wildman–Crippen MR) is 38.9 cm³/mol. The molecule has 0 atom stereocenters. The molecule has 0 aliphatic rings. The maximum absolute atomic E-state index is 10.6. The van der Waals surface area contributed by atoms with Gasteiger partial charge in [0.25, 0.3) is 0 Å². The first-order valence-electron chi connectivity index (χ1n) is 3.03. The summed E-state index contributed by atoms with van der Waals surface area (Å²) in [6.07, 6.45) is 0.